The van der Waals surface area contributed by atoms with Crippen molar-refractivity contribution in [1.82, 2.24) is 4.98 Å². The van der Waals surface area contributed by atoms with Gasteiger partial charge in [-0.3, -0.25) is 0 Å². The van der Waals surface area contributed by atoms with Crippen LogP contribution in [0.3, 0.4) is 0 Å². The SMILES string of the molecule is C(=C/c1ccccc1)/CSc1nc2ccccc2o1. The third-order valence-corrected chi connectivity index (χ3v) is 3.47. The summed E-state index contributed by atoms with van der Waals surface area (Å²) in [6.45, 7) is 0. The van der Waals surface area contributed by atoms with E-state index in [1.54, 1.807) is 11.8 Å². The van der Waals surface area contributed by atoms with Crippen molar-refractivity contribution < 1.29 is 4.42 Å². The van der Waals surface area contributed by atoms with Gasteiger partial charge in [0.1, 0.15) is 5.52 Å². The Morgan fingerprint density at radius 2 is 1.79 bits per heavy atom. The van der Waals surface area contributed by atoms with Gasteiger partial charge in [-0.05, 0) is 17.7 Å². The first kappa shape index (κ1) is 12.1. The summed E-state index contributed by atoms with van der Waals surface area (Å²) < 4.78 is 5.64. The van der Waals surface area contributed by atoms with Crippen molar-refractivity contribution in [3.05, 3.63) is 66.2 Å². The Morgan fingerprint density at radius 1 is 1.00 bits per heavy atom. The molecule has 2 nitrogen and oxygen atoms in total. The van der Waals surface area contributed by atoms with Crippen LogP contribution in [0.4, 0.5) is 0 Å². The van der Waals surface area contributed by atoms with Crippen molar-refractivity contribution in [2.75, 3.05) is 5.75 Å². The molecule has 0 aliphatic heterocycles. The van der Waals surface area contributed by atoms with Gasteiger partial charge in [-0.2, -0.15) is 0 Å². The van der Waals surface area contributed by atoms with Crippen LogP contribution in [0.25, 0.3) is 17.2 Å². The number of oxazole rings is 1. The van der Waals surface area contributed by atoms with Crippen LogP contribution in [0.15, 0.2) is 70.3 Å². The highest BCUT2D eigenvalue weighted by molar-refractivity contribution is 7.99. The van der Waals surface area contributed by atoms with Gasteiger partial charge in [-0.1, -0.05) is 66.4 Å². The van der Waals surface area contributed by atoms with Crippen LogP contribution in [0, 0.1) is 0 Å². The van der Waals surface area contributed by atoms with Gasteiger partial charge >= 0.3 is 0 Å². The van der Waals surface area contributed by atoms with Crippen LogP contribution in [-0.4, -0.2) is 10.7 Å². The fraction of sp³-hybridized carbons (Fsp3) is 0.0625. The van der Waals surface area contributed by atoms with Gasteiger partial charge in [-0.25, -0.2) is 4.98 Å². The van der Waals surface area contributed by atoms with Crippen molar-refractivity contribution in [2.45, 2.75) is 5.22 Å². The second kappa shape index (κ2) is 5.76. The summed E-state index contributed by atoms with van der Waals surface area (Å²) in [4.78, 5) is 4.42. The van der Waals surface area contributed by atoms with Crippen molar-refractivity contribution in [3.8, 4) is 0 Å². The smallest absolute Gasteiger partial charge is 0.257 e. The average molecular weight is 267 g/mol. The lowest BCUT2D eigenvalue weighted by molar-refractivity contribution is 0.490. The number of para-hydroxylation sites is 2. The van der Waals surface area contributed by atoms with Crippen LogP contribution in [0.2, 0.25) is 0 Å². The number of nitrogens with zero attached hydrogens (tertiary/aromatic N) is 1. The van der Waals surface area contributed by atoms with E-state index in [1.165, 1.54) is 5.56 Å². The second-order valence-corrected chi connectivity index (χ2v) is 5.04. The molecule has 0 saturated heterocycles. The molecule has 19 heavy (non-hydrogen) atoms. The fourth-order valence-corrected chi connectivity index (χ4v) is 2.43. The summed E-state index contributed by atoms with van der Waals surface area (Å²) >= 11 is 1.60. The number of rotatable bonds is 4. The van der Waals surface area contributed by atoms with Gasteiger partial charge in [-0.15, -0.1) is 0 Å². The summed E-state index contributed by atoms with van der Waals surface area (Å²) in [5.74, 6) is 0.849. The second-order valence-electron chi connectivity index (χ2n) is 4.07. The van der Waals surface area contributed by atoms with Crippen molar-refractivity contribution in [3.63, 3.8) is 0 Å². The molecule has 0 aliphatic rings. The standard InChI is InChI=1S/C16H13NOS/c1-2-7-13(8-3-1)9-6-12-19-16-17-14-10-4-5-11-15(14)18-16/h1-11H,12H2/b9-6-. The summed E-state index contributed by atoms with van der Waals surface area (Å²) in [5, 5.41) is 0.721. The number of thioether (sulfide) groups is 1. The van der Waals surface area contributed by atoms with Gasteiger partial charge in [0, 0.05) is 5.75 Å². The monoisotopic (exact) mass is 267 g/mol. The van der Waals surface area contributed by atoms with Crippen LogP contribution >= 0.6 is 11.8 Å². The van der Waals surface area contributed by atoms with E-state index in [4.69, 9.17) is 4.42 Å². The molecule has 0 fully saturated rings. The van der Waals surface area contributed by atoms with Gasteiger partial charge in [0.25, 0.3) is 5.22 Å². The molecule has 94 valence electrons. The predicted molar refractivity (Wildman–Crippen MR) is 80.2 cm³/mol. The Hall–Kier alpha value is -2.00. The minimum absolute atomic E-state index is 0.721. The van der Waals surface area contributed by atoms with Crippen molar-refractivity contribution in [2.24, 2.45) is 0 Å². The topological polar surface area (TPSA) is 26.0 Å². The highest BCUT2D eigenvalue weighted by atomic mass is 32.2. The third kappa shape index (κ3) is 3.06. The first-order valence-electron chi connectivity index (χ1n) is 6.12. The maximum Gasteiger partial charge on any atom is 0.257 e. The Balaban J connectivity index is 1.62. The summed E-state index contributed by atoms with van der Waals surface area (Å²) in [5.41, 5.74) is 2.97. The molecule has 3 heteroatoms. The molecule has 0 bridgehead atoms. The van der Waals surface area contributed by atoms with Gasteiger partial charge < -0.3 is 4.42 Å². The minimum atomic E-state index is 0.721. The maximum atomic E-state index is 5.64. The summed E-state index contributed by atoms with van der Waals surface area (Å²) in [7, 11) is 0. The van der Waals surface area contributed by atoms with Crippen LogP contribution in [0.1, 0.15) is 5.56 Å². The van der Waals surface area contributed by atoms with E-state index >= 15 is 0 Å². The van der Waals surface area contributed by atoms with E-state index in [9.17, 15) is 0 Å². The lowest BCUT2D eigenvalue weighted by Crippen LogP contribution is -1.74. The molecular formula is C16H13NOS. The molecule has 0 radical (unpaired) electrons. The largest absolute Gasteiger partial charge is 0.431 e. The molecule has 3 aromatic rings. The van der Waals surface area contributed by atoms with E-state index in [-0.39, 0.29) is 0 Å². The maximum absolute atomic E-state index is 5.64. The zero-order valence-corrected chi connectivity index (χ0v) is 11.1. The summed E-state index contributed by atoms with van der Waals surface area (Å²) in [6.07, 6.45) is 4.23. The van der Waals surface area contributed by atoms with Crippen molar-refractivity contribution in [1.29, 1.82) is 0 Å². The number of hydrogen-bond acceptors (Lipinski definition) is 3. The Kier molecular flexibility index (Phi) is 3.65. The molecule has 0 unspecified atom stereocenters. The fourth-order valence-electron chi connectivity index (χ4n) is 1.78. The molecule has 0 saturated carbocycles. The number of benzene rings is 2. The van der Waals surface area contributed by atoms with Crippen LogP contribution < -0.4 is 0 Å². The Bertz CT molecular complexity index is 655. The van der Waals surface area contributed by atoms with E-state index < -0.39 is 0 Å². The molecule has 1 aromatic heterocycles. The highest BCUT2D eigenvalue weighted by Gasteiger charge is 2.03. The van der Waals surface area contributed by atoms with E-state index in [0.717, 1.165) is 22.1 Å². The first-order valence-corrected chi connectivity index (χ1v) is 7.10. The zero-order chi connectivity index (χ0) is 12.9. The number of fused-ring (bicyclic) bond motifs is 1. The molecule has 0 N–H and O–H groups in total. The minimum Gasteiger partial charge on any atom is -0.431 e. The van der Waals surface area contributed by atoms with Crippen LogP contribution in [0.5, 0.6) is 0 Å². The number of hydrogen-bond donors (Lipinski definition) is 0. The molecule has 1 heterocycles. The van der Waals surface area contributed by atoms with Crippen molar-refractivity contribution >= 4 is 28.9 Å². The molecule has 3 rings (SSSR count). The zero-order valence-electron chi connectivity index (χ0n) is 10.3. The lowest BCUT2D eigenvalue weighted by atomic mass is 10.2. The average Bonchev–Trinajstić information content (AvgIpc) is 2.87. The molecule has 0 aliphatic carbocycles. The van der Waals surface area contributed by atoms with Gasteiger partial charge in [0.15, 0.2) is 5.58 Å². The van der Waals surface area contributed by atoms with E-state index in [0.29, 0.717) is 0 Å². The van der Waals surface area contributed by atoms with Gasteiger partial charge in [0.2, 0.25) is 0 Å². The normalized spacial score (nSPS) is 11.4. The summed E-state index contributed by atoms with van der Waals surface area (Å²) in [6, 6.07) is 18.1. The molecule has 0 amide bonds. The Labute approximate surface area is 116 Å². The first-order chi connectivity index (χ1) is 9.42. The quantitative estimate of drug-likeness (QED) is 0.644. The number of aromatic nitrogens is 1. The van der Waals surface area contributed by atoms with Crippen LogP contribution in [-0.2, 0) is 0 Å². The Morgan fingerprint density at radius 3 is 2.63 bits per heavy atom. The highest BCUT2D eigenvalue weighted by Crippen LogP contribution is 2.23. The lowest BCUT2D eigenvalue weighted by Gasteiger charge is -1.91. The molecule has 0 spiro atoms. The van der Waals surface area contributed by atoms with E-state index in [2.05, 4.69) is 29.3 Å². The molecule has 0 atom stereocenters. The third-order valence-electron chi connectivity index (χ3n) is 2.69. The molecular weight excluding hydrogens is 254 g/mol. The van der Waals surface area contributed by atoms with Gasteiger partial charge in [0.05, 0.1) is 0 Å². The predicted octanol–water partition coefficient (Wildman–Crippen LogP) is 4.63. The molecule has 2 aromatic carbocycles. The van der Waals surface area contributed by atoms with E-state index in [1.807, 2.05) is 42.5 Å².